The van der Waals surface area contributed by atoms with Crippen molar-refractivity contribution in [2.45, 2.75) is 0 Å². The third-order valence-corrected chi connectivity index (χ3v) is 23.2. The molecule has 0 bridgehead atoms. The first kappa shape index (κ1) is 71.2. The lowest BCUT2D eigenvalue weighted by Crippen LogP contribution is -2.15. The van der Waals surface area contributed by atoms with Gasteiger partial charge in [0, 0.05) is 82.6 Å². The molecule has 2 aliphatic rings. The number of fused-ring (bicyclic) bond motifs is 8. The van der Waals surface area contributed by atoms with E-state index in [4.69, 9.17) is 0 Å². The number of halogens is 1. The summed E-state index contributed by atoms with van der Waals surface area (Å²) in [6, 6.07) is 166. The molecular formula is C112H77BrN4. The van der Waals surface area contributed by atoms with E-state index in [2.05, 4.69) is 497 Å². The molecule has 0 spiro atoms. The summed E-state index contributed by atoms with van der Waals surface area (Å²) in [7, 11) is 0. The van der Waals surface area contributed by atoms with E-state index in [1.54, 1.807) is 0 Å². The SMILES string of the molecule is Brc1ccc(-c2ccc(N(c3cccc(-c4ccccc4)c3)c3cccc(-c4ccccc4)c3)cc2)cc1.c1ccc(-c2cccc(N(c3ccc(-c4ccc(N5c6c(ccc7ccccc67)-c6cccc7cccc5c67)cc4)cc3)c3cccc(-c4ccccc4)c3)c2)cc1.c1ccc2c3c(ccc2c1)-c1cccc2cccc(c12)N3. The quantitative estimate of drug-likeness (QED) is 0.124. The van der Waals surface area contributed by atoms with Gasteiger partial charge >= 0.3 is 0 Å². The molecule has 0 saturated carbocycles. The van der Waals surface area contributed by atoms with Gasteiger partial charge in [-0.3, -0.25) is 0 Å². The second-order valence-corrected chi connectivity index (χ2v) is 30.6. The van der Waals surface area contributed by atoms with Crippen LogP contribution in [-0.4, -0.2) is 0 Å². The summed E-state index contributed by atoms with van der Waals surface area (Å²) in [6.07, 6.45) is 0. The molecule has 0 atom stereocenters. The maximum atomic E-state index is 3.65. The van der Waals surface area contributed by atoms with Crippen molar-refractivity contribution in [1.82, 2.24) is 0 Å². The van der Waals surface area contributed by atoms with E-state index in [0.717, 1.165) is 44.3 Å². The molecule has 22 rings (SSSR count). The number of rotatable bonds is 13. The fraction of sp³-hybridized carbons (Fsp3) is 0. The molecule has 2 heterocycles. The molecule has 20 aromatic carbocycles. The Balaban J connectivity index is 0.000000127. The van der Waals surface area contributed by atoms with Gasteiger partial charge in [0.05, 0.1) is 17.1 Å². The van der Waals surface area contributed by atoms with Crippen molar-refractivity contribution in [2.75, 3.05) is 20.0 Å². The maximum Gasteiger partial charge on any atom is 0.0618 e. The largest absolute Gasteiger partial charge is 0.354 e. The second-order valence-electron chi connectivity index (χ2n) is 29.7. The van der Waals surface area contributed by atoms with Crippen LogP contribution < -0.4 is 20.0 Å². The van der Waals surface area contributed by atoms with Gasteiger partial charge in [-0.1, -0.05) is 368 Å². The van der Waals surface area contributed by atoms with E-state index in [0.29, 0.717) is 0 Å². The highest BCUT2D eigenvalue weighted by molar-refractivity contribution is 9.10. The van der Waals surface area contributed by atoms with Crippen LogP contribution in [0.25, 0.3) is 132 Å². The van der Waals surface area contributed by atoms with Crippen LogP contribution in [0.1, 0.15) is 0 Å². The van der Waals surface area contributed by atoms with Gasteiger partial charge in [-0.15, -0.1) is 0 Å². The van der Waals surface area contributed by atoms with Gasteiger partial charge in [-0.05, 0) is 209 Å². The minimum atomic E-state index is 1.08. The molecule has 20 aromatic rings. The predicted octanol–water partition coefficient (Wildman–Crippen LogP) is 32.6. The molecule has 4 nitrogen and oxygen atoms in total. The summed E-state index contributed by atoms with van der Waals surface area (Å²) < 4.78 is 1.08. The van der Waals surface area contributed by atoms with Crippen LogP contribution in [-0.2, 0) is 0 Å². The van der Waals surface area contributed by atoms with Crippen molar-refractivity contribution in [3.05, 3.63) is 466 Å². The van der Waals surface area contributed by atoms with E-state index < -0.39 is 0 Å². The van der Waals surface area contributed by atoms with E-state index in [-0.39, 0.29) is 0 Å². The summed E-state index contributed by atoms with van der Waals surface area (Å²) in [6.45, 7) is 0. The van der Waals surface area contributed by atoms with E-state index in [9.17, 15) is 0 Å². The molecule has 0 radical (unpaired) electrons. The van der Waals surface area contributed by atoms with Crippen molar-refractivity contribution < 1.29 is 0 Å². The Hall–Kier alpha value is -14.9. The van der Waals surface area contributed by atoms with Crippen LogP contribution >= 0.6 is 15.9 Å². The zero-order valence-corrected chi connectivity index (χ0v) is 65.7. The summed E-state index contributed by atoms with van der Waals surface area (Å²) in [5.74, 6) is 0. The average Bonchev–Trinajstić information content (AvgIpc) is 0.718. The van der Waals surface area contributed by atoms with Gasteiger partial charge in [0.25, 0.3) is 0 Å². The number of benzene rings is 20. The van der Waals surface area contributed by atoms with Gasteiger partial charge in [-0.2, -0.15) is 0 Å². The Bertz CT molecular complexity index is 6840. The Morgan fingerprint density at radius 3 is 1.01 bits per heavy atom. The van der Waals surface area contributed by atoms with Gasteiger partial charge in [0.2, 0.25) is 0 Å². The van der Waals surface area contributed by atoms with Gasteiger partial charge in [0.1, 0.15) is 0 Å². The van der Waals surface area contributed by atoms with E-state index in [1.807, 2.05) is 0 Å². The third-order valence-electron chi connectivity index (χ3n) is 22.7. The molecule has 5 heteroatoms. The van der Waals surface area contributed by atoms with Crippen LogP contribution in [0.3, 0.4) is 0 Å². The zero-order valence-electron chi connectivity index (χ0n) is 64.1. The molecule has 0 fully saturated rings. The lowest BCUT2D eigenvalue weighted by Gasteiger charge is -2.34. The van der Waals surface area contributed by atoms with Crippen LogP contribution in [0.2, 0.25) is 0 Å². The minimum Gasteiger partial charge on any atom is -0.354 e. The first-order valence-electron chi connectivity index (χ1n) is 39.9. The number of nitrogens with one attached hydrogen (secondary N) is 1. The number of hydrogen-bond acceptors (Lipinski definition) is 4. The zero-order chi connectivity index (χ0) is 78.0. The summed E-state index contributed by atoms with van der Waals surface area (Å²) in [4.78, 5) is 7.16. The predicted molar refractivity (Wildman–Crippen MR) is 501 cm³/mol. The fourth-order valence-electron chi connectivity index (χ4n) is 17.0. The van der Waals surface area contributed by atoms with E-state index >= 15 is 0 Å². The molecule has 1 N–H and O–H groups in total. The van der Waals surface area contributed by atoms with Crippen molar-refractivity contribution in [3.63, 3.8) is 0 Å². The molecule has 117 heavy (non-hydrogen) atoms. The van der Waals surface area contributed by atoms with Crippen LogP contribution in [0, 0.1) is 0 Å². The van der Waals surface area contributed by atoms with Crippen molar-refractivity contribution >= 4 is 122 Å². The minimum absolute atomic E-state index is 1.08. The standard InChI is InChI=1S/C56H38N2.C36H26BrN.C20H13N/c1-3-13-39(14-4-1)45-20-9-22-49(37-45)57(50-23-10-21-46(38-50)40-15-5-2-6-16-40)47-32-27-41(28-33-47)42-29-34-48(35-30-42)58-54-26-12-19-44-18-11-25-52(55(44)54)53-36-31-43-17-7-8-24-51(43)56(53)58;37-33-21-17-29(18-22-33)30-19-23-34(24-20-30)38(35-15-7-13-31(25-35)27-9-3-1-4-10-27)36-16-8-14-32(26-36)28-11-5-2-6-12-28;1-2-8-15-13(5-1)11-12-17-16-9-3-6-14-7-4-10-18(19(14)16)21-20(15)17/h1-38H;1-26H;1-12,21H. The second kappa shape index (κ2) is 31.6. The number of nitrogens with zero attached hydrogens (tertiary/aromatic N) is 3. The molecular weight excluding hydrogens is 1480 g/mol. The Morgan fingerprint density at radius 2 is 0.547 bits per heavy atom. The first-order chi connectivity index (χ1) is 57.9. The van der Waals surface area contributed by atoms with Gasteiger partial charge in [-0.25, -0.2) is 0 Å². The molecule has 552 valence electrons. The van der Waals surface area contributed by atoms with Crippen molar-refractivity contribution in [3.8, 4) is 89.0 Å². The molecule has 0 unspecified atom stereocenters. The molecule has 2 aliphatic heterocycles. The monoisotopic (exact) mass is 1560 g/mol. The lowest BCUT2D eigenvalue weighted by atomic mass is 9.88. The first-order valence-corrected chi connectivity index (χ1v) is 40.7. The lowest BCUT2D eigenvalue weighted by molar-refractivity contribution is 1.28. The highest BCUT2D eigenvalue weighted by Gasteiger charge is 2.29. The highest BCUT2D eigenvalue weighted by atomic mass is 79.9. The average molecular weight is 1560 g/mol. The Kier molecular flexibility index (Phi) is 19.2. The van der Waals surface area contributed by atoms with Crippen LogP contribution in [0.4, 0.5) is 62.6 Å². The smallest absolute Gasteiger partial charge is 0.0618 e. The van der Waals surface area contributed by atoms with Crippen molar-refractivity contribution in [1.29, 1.82) is 0 Å². The summed E-state index contributed by atoms with van der Waals surface area (Å²) in [5.41, 5.74) is 32.1. The topological polar surface area (TPSA) is 21.8 Å². The molecule has 0 amide bonds. The molecule has 0 saturated heterocycles. The summed E-state index contributed by atoms with van der Waals surface area (Å²) >= 11 is 3.54. The van der Waals surface area contributed by atoms with Gasteiger partial charge < -0.3 is 20.0 Å². The number of hydrogen-bond donors (Lipinski definition) is 1. The highest BCUT2D eigenvalue weighted by Crippen LogP contribution is 2.54. The van der Waals surface area contributed by atoms with Gasteiger partial charge in [0.15, 0.2) is 0 Å². The van der Waals surface area contributed by atoms with E-state index in [1.165, 1.54) is 155 Å². The molecule has 0 aromatic heterocycles. The Labute approximate surface area is 691 Å². The Morgan fingerprint density at radius 1 is 0.214 bits per heavy atom. The normalized spacial score (nSPS) is 11.5. The van der Waals surface area contributed by atoms with Crippen molar-refractivity contribution in [2.24, 2.45) is 0 Å². The van der Waals surface area contributed by atoms with Crippen LogP contribution in [0.15, 0.2) is 466 Å². The van der Waals surface area contributed by atoms with Crippen LogP contribution in [0.5, 0.6) is 0 Å². The fourth-order valence-corrected chi connectivity index (χ4v) is 17.3. The number of anilines is 11. The third kappa shape index (κ3) is 14.1. The maximum absolute atomic E-state index is 3.65. The molecule has 0 aliphatic carbocycles. The summed E-state index contributed by atoms with van der Waals surface area (Å²) in [5, 5.41) is 13.8.